The number of aromatic nitrogens is 2. The lowest BCUT2D eigenvalue weighted by Gasteiger charge is -2.14. The Bertz CT molecular complexity index is 593. The van der Waals surface area contributed by atoms with Gasteiger partial charge in [-0.3, -0.25) is 0 Å². The lowest BCUT2D eigenvalue weighted by Crippen LogP contribution is -2.08. The van der Waals surface area contributed by atoms with Crippen molar-refractivity contribution in [3.8, 4) is 0 Å². The molecule has 106 valence electrons. The van der Waals surface area contributed by atoms with Gasteiger partial charge in [-0.15, -0.1) is 0 Å². The minimum absolute atomic E-state index is 0.589. The largest absolute Gasteiger partial charge is 0.380 e. The van der Waals surface area contributed by atoms with Crippen LogP contribution in [0.2, 0.25) is 0 Å². The summed E-state index contributed by atoms with van der Waals surface area (Å²) in [7, 11) is 1.71. The molecule has 1 heterocycles. The quantitative estimate of drug-likeness (QED) is 0.873. The van der Waals surface area contributed by atoms with E-state index in [1.807, 2.05) is 24.7 Å². The Hall–Kier alpha value is -1.33. The van der Waals surface area contributed by atoms with Crippen molar-refractivity contribution in [2.75, 3.05) is 12.4 Å². The average molecular weight is 336 g/mol. The molecule has 0 unspecified atom stereocenters. The van der Waals surface area contributed by atoms with Crippen LogP contribution in [0.4, 0.5) is 5.69 Å². The summed E-state index contributed by atoms with van der Waals surface area (Å²) >= 11 is 3.58. The van der Waals surface area contributed by atoms with Crippen LogP contribution in [0.1, 0.15) is 30.1 Å². The maximum atomic E-state index is 5.27. The highest BCUT2D eigenvalue weighted by atomic mass is 79.9. The van der Waals surface area contributed by atoms with Gasteiger partial charge in [0.2, 0.25) is 0 Å². The first-order valence-electron chi connectivity index (χ1n) is 6.80. The van der Waals surface area contributed by atoms with Crippen molar-refractivity contribution in [3.05, 3.63) is 46.5 Å². The van der Waals surface area contributed by atoms with Crippen LogP contribution in [0.15, 0.2) is 35.2 Å². The van der Waals surface area contributed by atoms with Gasteiger partial charge in [0.15, 0.2) is 0 Å². The number of methoxy groups -OCH3 is 1. The predicted molar refractivity (Wildman–Crippen MR) is 82.7 cm³/mol. The summed E-state index contributed by atoms with van der Waals surface area (Å²) in [5.74, 6) is 0. The van der Waals surface area contributed by atoms with E-state index < -0.39 is 0 Å². The molecule has 3 rings (SSSR count). The van der Waals surface area contributed by atoms with Crippen molar-refractivity contribution in [3.63, 3.8) is 0 Å². The van der Waals surface area contributed by atoms with E-state index in [-0.39, 0.29) is 0 Å². The van der Waals surface area contributed by atoms with Crippen LogP contribution in [0.3, 0.4) is 0 Å². The van der Waals surface area contributed by atoms with Crippen LogP contribution in [-0.2, 0) is 17.9 Å². The topological polar surface area (TPSA) is 39.1 Å². The molecule has 4 nitrogen and oxygen atoms in total. The molecule has 0 radical (unpaired) electrons. The molecule has 0 aliphatic heterocycles. The van der Waals surface area contributed by atoms with Crippen LogP contribution in [0.25, 0.3) is 0 Å². The van der Waals surface area contributed by atoms with E-state index in [1.165, 1.54) is 18.5 Å². The highest BCUT2D eigenvalue weighted by Crippen LogP contribution is 2.35. The summed E-state index contributed by atoms with van der Waals surface area (Å²) in [6, 6.07) is 6.81. The van der Waals surface area contributed by atoms with Crippen LogP contribution in [-0.4, -0.2) is 16.7 Å². The van der Waals surface area contributed by atoms with Crippen molar-refractivity contribution in [1.82, 2.24) is 9.55 Å². The van der Waals surface area contributed by atoms with Crippen LogP contribution >= 0.6 is 15.9 Å². The summed E-state index contributed by atoms with van der Waals surface area (Å²) in [6.45, 7) is 1.37. The fourth-order valence-corrected chi connectivity index (χ4v) is 2.83. The van der Waals surface area contributed by atoms with Crippen molar-refractivity contribution in [1.29, 1.82) is 0 Å². The minimum atomic E-state index is 0.589. The van der Waals surface area contributed by atoms with E-state index in [1.54, 1.807) is 7.11 Å². The molecule has 1 aromatic heterocycles. The zero-order valence-electron chi connectivity index (χ0n) is 11.5. The van der Waals surface area contributed by atoms with Crippen LogP contribution in [0.5, 0.6) is 0 Å². The Labute approximate surface area is 127 Å². The van der Waals surface area contributed by atoms with Crippen LogP contribution < -0.4 is 5.32 Å². The lowest BCUT2D eigenvalue weighted by atomic mass is 10.2. The molecule has 0 amide bonds. The van der Waals surface area contributed by atoms with Gasteiger partial charge in [0.05, 0.1) is 25.2 Å². The monoisotopic (exact) mass is 335 g/mol. The van der Waals surface area contributed by atoms with Crippen molar-refractivity contribution in [2.24, 2.45) is 0 Å². The number of rotatable bonds is 6. The normalized spacial score (nSPS) is 14.5. The first-order valence-corrected chi connectivity index (χ1v) is 7.60. The standard InChI is InChI=1S/C15H18BrN3O/c1-20-9-13-14(16)3-2-4-15(13)18-8-12-7-17-10-19(12)11-5-6-11/h2-4,7,10-11,18H,5-6,8-9H2,1H3. The van der Waals surface area contributed by atoms with E-state index in [2.05, 4.69) is 36.9 Å². The van der Waals surface area contributed by atoms with E-state index >= 15 is 0 Å². The molecule has 1 fully saturated rings. The molecule has 5 heteroatoms. The summed E-state index contributed by atoms with van der Waals surface area (Å²) in [5.41, 5.74) is 3.48. The smallest absolute Gasteiger partial charge is 0.0951 e. The molecule has 1 aliphatic carbocycles. The third-order valence-corrected chi connectivity index (χ3v) is 4.30. The third-order valence-electron chi connectivity index (χ3n) is 3.55. The zero-order valence-corrected chi connectivity index (χ0v) is 13.1. The lowest BCUT2D eigenvalue weighted by molar-refractivity contribution is 0.185. The predicted octanol–water partition coefficient (Wildman–Crippen LogP) is 3.74. The van der Waals surface area contributed by atoms with Crippen molar-refractivity contribution >= 4 is 21.6 Å². The molecule has 1 N–H and O–H groups in total. The Morgan fingerprint density at radius 1 is 1.45 bits per heavy atom. The fraction of sp³-hybridized carbons (Fsp3) is 0.400. The van der Waals surface area contributed by atoms with Gasteiger partial charge >= 0.3 is 0 Å². The van der Waals surface area contributed by atoms with Gasteiger partial charge in [-0.2, -0.15) is 0 Å². The molecule has 20 heavy (non-hydrogen) atoms. The maximum Gasteiger partial charge on any atom is 0.0951 e. The maximum absolute atomic E-state index is 5.27. The minimum Gasteiger partial charge on any atom is -0.380 e. The number of anilines is 1. The summed E-state index contributed by atoms with van der Waals surface area (Å²) < 4.78 is 8.62. The first kappa shape index (κ1) is 13.6. The number of nitrogens with one attached hydrogen (secondary N) is 1. The number of halogens is 1. The molecule has 1 aromatic carbocycles. The number of nitrogens with zero attached hydrogens (tertiary/aromatic N) is 2. The van der Waals surface area contributed by atoms with Gasteiger partial charge in [-0.1, -0.05) is 22.0 Å². The number of benzene rings is 1. The first-order chi connectivity index (χ1) is 9.79. The van der Waals surface area contributed by atoms with Gasteiger partial charge in [0, 0.05) is 35.1 Å². The summed E-state index contributed by atoms with van der Waals surface area (Å²) in [6.07, 6.45) is 6.43. The summed E-state index contributed by atoms with van der Waals surface area (Å²) in [4.78, 5) is 4.26. The van der Waals surface area contributed by atoms with E-state index in [0.29, 0.717) is 12.6 Å². The van der Waals surface area contributed by atoms with Crippen molar-refractivity contribution in [2.45, 2.75) is 32.0 Å². The molecular weight excluding hydrogens is 318 g/mol. The molecule has 1 aliphatic rings. The Kier molecular flexibility index (Phi) is 4.08. The molecule has 0 saturated heterocycles. The average Bonchev–Trinajstić information content (AvgIpc) is 3.19. The van der Waals surface area contributed by atoms with E-state index in [4.69, 9.17) is 4.74 Å². The Morgan fingerprint density at radius 3 is 3.05 bits per heavy atom. The number of hydrogen-bond donors (Lipinski definition) is 1. The third kappa shape index (κ3) is 2.88. The Balaban J connectivity index is 1.74. The van der Waals surface area contributed by atoms with Gasteiger partial charge < -0.3 is 14.6 Å². The molecule has 2 aromatic rings. The van der Waals surface area contributed by atoms with Crippen LogP contribution in [0, 0.1) is 0 Å². The fourth-order valence-electron chi connectivity index (χ4n) is 2.35. The molecule has 0 bridgehead atoms. The second-order valence-corrected chi connectivity index (χ2v) is 5.93. The zero-order chi connectivity index (χ0) is 13.9. The second-order valence-electron chi connectivity index (χ2n) is 5.08. The summed E-state index contributed by atoms with van der Waals surface area (Å²) in [5, 5.41) is 3.49. The van der Waals surface area contributed by atoms with Gasteiger partial charge in [0.1, 0.15) is 0 Å². The highest BCUT2D eigenvalue weighted by molar-refractivity contribution is 9.10. The SMILES string of the molecule is COCc1c(Br)cccc1NCc1cncn1C1CC1. The van der Waals surface area contributed by atoms with E-state index in [9.17, 15) is 0 Å². The number of hydrogen-bond acceptors (Lipinski definition) is 3. The molecule has 1 saturated carbocycles. The number of ether oxygens (including phenoxy) is 1. The van der Waals surface area contributed by atoms with Gasteiger partial charge in [-0.25, -0.2) is 4.98 Å². The molecule has 0 spiro atoms. The molecular formula is C15H18BrN3O. The van der Waals surface area contributed by atoms with Gasteiger partial charge in [0.25, 0.3) is 0 Å². The second kappa shape index (κ2) is 5.97. The van der Waals surface area contributed by atoms with Crippen molar-refractivity contribution < 1.29 is 4.74 Å². The van der Waals surface area contributed by atoms with Gasteiger partial charge in [-0.05, 0) is 25.0 Å². The highest BCUT2D eigenvalue weighted by Gasteiger charge is 2.25. The molecule has 0 atom stereocenters. The Morgan fingerprint density at radius 2 is 2.30 bits per heavy atom. The van der Waals surface area contributed by atoms with E-state index in [0.717, 1.165) is 22.3 Å². The number of imidazole rings is 1.